The van der Waals surface area contributed by atoms with Crippen LogP contribution in [0.25, 0.3) is 0 Å². The van der Waals surface area contributed by atoms with Crippen LogP contribution < -0.4 is 75.3 Å². The Balaban J connectivity index is 1.86. The van der Waals surface area contributed by atoms with Crippen molar-refractivity contribution in [3.8, 4) is 0 Å². The normalized spacial score (nSPS) is 23.0. The van der Waals surface area contributed by atoms with Gasteiger partial charge in [-0.1, -0.05) is 98.1 Å². The number of aliphatic hydroxyl groups excluding tert-OH is 3. The number of nitrogens with zero attached hydrogens (tertiary/aromatic N) is 1. The van der Waals surface area contributed by atoms with Gasteiger partial charge in [0, 0.05) is 12.3 Å². The second-order valence-electron chi connectivity index (χ2n) is 23.0. The fraction of sp³-hybridized carbons (Fsp3) is 0.672. The Morgan fingerprint density at radius 2 is 1.12 bits per heavy atom. The summed E-state index contributed by atoms with van der Waals surface area (Å²) in [4.78, 5) is 170. The minimum absolute atomic E-state index is 0.0773. The van der Waals surface area contributed by atoms with Crippen LogP contribution in [0.4, 0.5) is 0 Å². The summed E-state index contributed by atoms with van der Waals surface area (Å²) >= 11 is 0. The topological polar surface area (TPSA) is 484 Å². The van der Waals surface area contributed by atoms with E-state index in [0.717, 1.165) is 5.56 Å². The number of cyclic esters (lactones) is 1. The Morgan fingerprint density at radius 1 is 0.640 bits per heavy atom. The molecule has 31 heteroatoms. The molecule has 0 aromatic heterocycles. The number of hydrogen-bond acceptors (Lipinski definition) is 20. The first-order valence-electron chi connectivity index (χ1n) is 30.1. The maximum absolute atomic E-state index is 14.4. The minimum atomic E-state index is -1.86. The number of aliphatic hydroxyl groups is 3. The van der Waals surface area contributed by atoms with Gasteiger partial charge in [-0.25, -0.2) is 4.79 Å². The molecule has 11 amide bonds. The van der Waals surface area contributed by atoms with Crippen LogP contribution in [0.3, 0.4) is 0 Å². The Bertz CT molecular complexity index is 2650. The van der Waals surface area contributed by atoms with Crippen LogP contribution in [0.15, 0.2) is 35.3 Å². The van der Waals surface area contributed by atoms with Gasteiger partial charge in [-0.15, -0.1) is 0 Å². The van der Waals surface area contributed by atoms with Crippen molar-refractivity contribution >= 4 is 76.9 Å². The summed E-state index contributed by atoms with van der Waals surface area (Å²) in [5.41, 5.74) is 12.1. The van der Waals surface area contributed by atoms with Crippen LogP contribution >= 0.6 is 0 Å². The molecule has 0 radical (unpaired) electrons. The van der Waals surface area contributed by atoms with Crippen molar-refractivity contribution in [1.29, 1.82) is 0 Å². The van der Waals surface area contributed by atoms with Crippen LogP contribution in [0.2, 0.25) is 0 Å². The maximum atomic E-state index is 14.4. The number of likely N-dealkylation sites (N-methyl/N-ethyl adjacent to an activating group) is 1. The van der Waals surface area contributed by atoms with Crippen molar-refractivity contribution in [2.75, 3.05) is 26.8 Å². The van der Waals surface area contributed by atoms with Gasteiger partial charge in [0.1, 0.15) is 66.5 Å². The molecule has 31 nitrogen and oxygen atoms in total. The minimum Gasteiger partial charge on any atom is -0.458 e. The molecule has 0 saturated carbocycles. The number of carbonyl (C=O) groups excluding carboxylic acids is 12. The standard InChI is InChI=1S/C58H95N15O16/c1-12-27(4)42(70-49(80)37(61-11)22-34-18-16-15-17-19-34)53(84)67-39(25-74)51(82)65-36(20-21-41(59)77)48(79)69-44(29(6)14-3)55(86)71-43(28(5)13-2)54(85)68-40(26-75)52(83)73-46-33(10)89-57(88)45(30(7)32(9)76)72-50(81)38(23-35-24-62-58(60)64-35)66-47(78)31(8)63-56(46)87/h15-19,27-33,35-40,42-46,61,74-76H,12-14,20-26H2,1-11H3,(H2,59,77)(H,63,87)(H,65,82)(H,66,78)(H,67,84)(H,68,85)(H,69,79)(H,70,80)(H,71,86)(H,72,81)(H,73,83)(H3,60,62,64)/t27-,28-,29-,30-,31-,32?,33-,35-,36+,37+,38-,39-,40-,42-,43-,44+,45-,46+/m0/s1. The van der Waals surface area contributed by atoms with E-state index in [1.807, 2.05) is 30.3 Å². The predicted octanol–water partition coefficient (Wildman–Crippen LogP) is -5.29. The van der Waals surface area contributed by atoms with Crippen molar-refractivity contribution in [2.45, 2.75) is 199 Å². The Morgan fingerprint density at radius 3 is 1.60 bits per heavy atom. The Kier molecular flexibility index (Phi) is 30.8. The lowest BCUT2D eigenvalue weighted by molar-refractivity contribution is -0.158. The zero-order chi connectivity index (χ0) is 67.0. The molecule has 89 heavy (non-hydrogen) atoms. The van der Waals surface area contributed by atoms with Crippen molar-refractivity contribution < 1.29 is 77.6 Å². The number of esters is 1. The second kappa shape index (κ2) is 36.5. The summed E-state index contributed by atoms with van der Waals surface area (Å²) in [7, 11) is 1.59. The van der Waals surface area contributed by atoms with Gasteiger partial charge in [0.25, 0.3) is 0 Å². The SMILES string of the molecule is CC[C@H](C)[C@H](NC(=O)[C@@H](Cc1ccccc1)NC)C(=O)N[C@@H](CO)C(=O)N[C@H](CCC(N)=O)C(=O)N[C@@H](C(=O)N[C@H](C(=O)N[C@@H](CO)C(=O)N[C@H]1C(=O)N[C@@H](C)C(=O)N[C@@H](C[C@H]2CN=C(N)N2)C(=O)N[C@@H]([C@@H](C)C(C)O)C(=O)O[C@H]1C)[C@@H](C)CC)[C@@H](C)CC. The van der Waals surface area contributed by atoms with Gasteiger partial charge in [-0.05, 0) is 70.4 Å². The summed E-state index contributed by atoms with van der Waals surface area (Å²) in [6.45, 7) is 13.4. The van der Waals surface area contributed by atoms with E-state index in [1.54, 1.807) is 48.6 Å². The molecule has 498 valence electrons. The third-order valence-electron chi connectivity index (χ3n) is 16.2. The lowest BCUT2D eigenvalue weighted by Crippen LogP contribution is -2.63. The number of rotatable bonds is 32. The van der Waals surface area contributed by atoms with Crippen LogP contribution in [-0.4, -0.2) is 204 Å². The number of carbonyl (C=O) groups is 12. The third kappa shape index (κ3) is 22.8. The molecule has 0 bridgehead atoms. The van der Waals surface area contributed by atoms with E-state index < -0.39 is 205 Å². The summed E-state index contributed by atoms with van der Waals surface area (Å²) in [6.07, 6.45) is -2.55. The van der Waals surface area contributed by atoms with E-state index in [0.29, 0.717) is 12.8 Å². The van der Waals surface area contributed by atoms with Gasteiger partial charge in [0.2, 0.25) is 65.0 Å². The maximum Gasteiger partial charge on any atom is 0.329 e. The number of ether oxygens (including phenoxy) is 1. The summed E-state index contributed by atoms with van der Waals surface area (Å²) in [6, 6.07) is -7.51. The number of hydrogen-bond donors (Lipinski definition) is 17. The zero-order valence-corrected chi connectivity index (χ0v) is 52.6. The van der Waals surface area contributed by atoms with Crippen LogP contribution in [0, 0.1) is 23.7 Å². The highest BCUT2D eigenvalue weighted by molar-refractivity contribution is 6.00. The average Bonchev–Trinajstić information content (AvgIpc) is 3.29. The molecule has 3 rings (SSSR count). The first-order valence-corrected chi connectivity index (χ1v) is 30.1. The lowest BCUT2D eigenvalue weighted by Gasteiger charge is -2.32. The highest BCUT2D eigenvalue weighted by Gasteiger charge is 2.42. The molecule has 1 unspecified atom stereocenters. The number of primary amides is 1. The summed E-state index contributed by atoms with van der Waals surface area (Å²) in [5, 5.41) is 62.5. The van der Waals surface area contributed by atoms with Gasteiger partial charge >= 0.3 is 5.97 Å². The molecule has 0 aliphatic carbocycles. The molecule has 1 aromatic carbocycles. The van der Waals surface area contributed by atoms with Crippen molar-refractivity contribution in [1.82, 2.24) is 63.8 Å². The Hall–Kier alpha value is -8.03. The molecule has 0 spiro atoms. The molecule has 2 aliphatic rings. The first-order chi connectivity index (χ1) is 41.9. The van der Waals surface area contributed by atoms with Crippen molar-refractivity contribution in [3.05, 3.63) is 35.9 Å². The largest absolute Gasteiger partial charge is 0.458 e. The number of benzene rings is 1. The van der Waals surface area contributed by atoms with Crippen molar-refractivity contribution in [3.63, 3.8) is 0 Å². The van der Waals surface area contributed by atoms with Gasteiger partial charge < -0.3 is 95.3 Å². The zero-order valence-electron chi connectivity index (χ0n) is 52.6. The number of amides is 11. The first kappa shape index (κ1) is 75.2. The molecule has 2 aliphatic heterocycles. The highest BCUT2D eigenvalue weighted by Crippen LogP contribution is 2.18. The smallest absolute Gasteiger partial charge is 0.329 e. The molecular formula is C58H95N15O16. The number of nitrogens with two attached hydrogens (primary N) is 2. The third-order valence-corrected chi connectivity index (χ3v) is 16.2. The van der Waals surface area contributed by atoms with Gasteiger partial charge in [0.05, 0.1) is 37.9 Å². The number of nitrogens with one attached hydrogen (secondary N) is 12. The van der Waals surface area contributed by atoms with Crippen LogP contribution in [0.5, 0.6) is 0 Å². The molecule has 19 N–H and O–H groups in total. The van der Waals surface area contributed by atoms with Crippen molar-refractivity contribution in [2.24, 2.45) is 40.1 Å². The monoisotopic (exact) mass is 1260 g/mol. The molecule has 2 heterocycles. The van der Waals surface area contributed by atoms with E-state index in [9.17, 15) is 72.9 Å². The van der Waals surface area contributed by atoms with E-state index in [4.69, 9.17) is 16.2 Å². The summed E-state index contributed by atoms with van der Waals surface area (Å²) < 4.78 is 5.66. The van der Waals surface area contributed by atoms with E-state index >= 15 is 0 Å². The molecule has 1 fully saturated rings. The van der Waals surface area contributed by atoms with E-state index in [1.165, 1.54) is 27.7 Å². The average molecular weight is 1260 g/mol. The van der Waals surface area contributed by atoms with Gasteiger partial charge in [-0.3, -0.25) is 57.7 Å². The second-order valence-corrected chi connectivity index (χ2v) is 23.0. The molecular weight excluding hydrogens is 1160 g/mol. The van der Waals surface area contributed by atoms with Gasteiger partial charge in [-0.2, -0.15) is 0 Å². The quantitative estimate of drug-likeness (QED) is 0.0300. The fourth-order valence-corrected chi connectivity index (χ4v) is 9.51. The Labute approximate surface area is 518 Å². The highest BCUT2D eigenvalue weighted by atomic mass is 16.5. The van der Waals surface area contributed by atoms with Crippen LogP contribution in [-0.2, 0) is 68.7 Å². The molecule has 1 saturated heterocycles. The van der Waals surface area contributed by atoms with Gasteiger partial charge in [0.15, 0.2) is 5.96 Å². The lowest BCUT2D eigenvalue weighted by atomic mass is 9.94. The molecule has 1 aromatic rings. The molecule has 18 atom stereocenters. The predicted molar refractivity (Wildman–Crippen MR) is 323 cm³/mol. The fourth-order valence-electron chi connectivity index (χ4n) is 9.51. The van der Waals surface area contributed by atoms with Crippen LogP contribution in [0.1, 0.15) is 113 Å². The van der Waals surface area contributed by atoms with E-state index in [2.05, 4.69) is 68.8 Å². The number of aliphatic imine (C=N–C) groups is 1. The number of guanidine groups is 1. The van der Waals surface area contributed by atoms with E-state index in [-0.39, 0.29) is 31.8 Å². The summed E-state index contributed by atoms with van der Waals surface area (Å²) in [5.74, 6) is -14.1.